The van der Waals surface area contributed by atoms with Crippen molar-refractivity contribution in [2.24, 2.45) is 0 Å². The second kappa shape index (κ2) is 17.8. The zero-order valence-electron chi connectivity index (χ0n) is 19.3. The first-order valence-corrected chi connectivity index (χ1v) is 16.5. The summed E-state index contributed by atoms with van der Waals surface area (Å²) in [6.45, 7) is 13.0. The third kappa shape index (κ3) is 19.8. The van der Waals surface area contributed by atoms with Gasteiger partial charge >= 0.3 is 12.2 Å². The number of carbonyl (C=O) groups is 3. The number of alkyl carbamates (subject to hydrolysis) is 2. The minimum absolute atomic E-state index is 0.0757. The van der Waals surface area contributed by atoms with E-state index in [0.717, 1.165) is 31.8 Å². The lowest BCUT2D eigenvalue weighted by molar-refractivity contribution is -0.116. The smallest absolute Gasteiger partial charge is 0.409 e. The summed E-state index contributed by atoms with van der Waals surface area (Å²) in [5, 5.41) is 7.83. The first-order valence-electron chi connectivity index (χ1n) is 10.6. The molecule has 0 spiro atoms. The van der Waals surface area contributed by atoms with Crippen LogP contribution in [0.4, 0.5) is 9.59 Å². The summed E-state index contributed by atoms with van der Waals surface area (Å²) in [7, 11) is -2.93. The van der Waals surface area contributed by atoms with E-state index >= 15 is 0 Å². The predicted octanol–water partition coefficient (Wildman–Crippen LogP) is 2.02. The monoisotopic (exact) mass is 477 g/mol. The maximum atomic E-state index is 11.6. The molecule has 0 heterocycles. The second-order valence-electron chi connectivity index (χ2n) is 7.72. The third-order valence-electron chi connectivity index (χ3n) is 3.74. The van der Waals surface area contributed by atoms with Gasteiger partial charge in [-0.2, -0.15) is 0 Å². The Morgan fingerprint density at radius 2 is 1.48 bits per heavy atom. The van der Waals surface area contributed by atoms with Gasteiger partial charge in [0.1, 0.15) is 6.61 Å². The summed E-state index contributed by atoms with van der Waals surface area (Å²) in [5.41, 5.74) is 0. The Morgan fingerprint density at radius 3 is 2.03 bits per heavy atom. The van der Waals surface area contributed by atoms with Gasteiger partial charge in [0, 0.05) is 13.1 Å². The standard InChI is InChI=1S/C19H39N3O7Si2/c1-6-17(23)20-13-14-27-18(24)21-11-9-7-8-10-12-22-19(25)28-15-26-16-31(4,5)29-30(2)3/h6,30H,1,7-16H2,2-5H3,(H,20,23)(H,21,24)(H,22,25). The van der Waals surface area contributed by atoms with Crippen LogP contribution in [0.15, 0.2) is 12.7 Å². The van der Waals surface area contributed by atoms with Crippen molar-refractivity contribution in [2.75, 3.05) is 39.3 Å². The van der Waals surface area contributed by atoms with Crippen LogP contribution in [0.5, 0.6) is 0 Å². The van der Waals surface area contributed by atoms with Crippen LogP contribution in [0.1, 0.15) is 25.7 Å². The van der Waals surface area contributed by atoms with E-state index < -0.39 is 29.5 Å². The third-order valence-corrected chi connectivity index (χ3v) is 9.08. The molecule has 0 bridgehead atoms. The normalized spacial score (nSPS) is 11.0. The van der Waals surface area contributed by atoms with Gasteiger partial charge in [-0.15, -0.1) is 0 Å². The molecule has 0 aromatic rings. The van der Waals surface area contributed by atoms with Crippen LogP contribution in [0.3, 0.4) is 0 Å². The molecule has 0 aliphatic heterocycles. The zero-order valence-corrected chi connectivity index (χ0v) is 21.4. The minimum atomic E-state index is -1.83. The van der Waals surface area contributed by atoms with E-state index in [0.29, 0.717) is 19.3 Å². The topological polar surface area (TPSA) is 124 Å². The van der Waals surface area contributed by atoms with Crippen molar-refractivity contribution in [1.29, 1.82) is 0 Å². The van der Waals surface area contributed by atoms with E-state index in [1.54, 1.807) is 0 Å². The van der Waals surface area contributed by atoms with Gasteiger partial charge in [-0.3, -0.25) is 4.79 Å². The fraction of sp³-hybridized carbons (Fsp3) is 0.737. The quantitative estimate of drug-likeness (QED) is 0.127. The van der Waals surface area contributed by atoms with Gasteiger partial charge in [0.25, 0.3) is 0 Å². The first-order chi connectivity index (χ1) is 14.7. The number of nitrogens with one attached hydrogen (secondary N) is 3. The fourth-order valence-corrected chi connectivity index (χ4v) is 8.48. The average Bonchev–Trinajstić information content (AvgIpc) is 2.69. The number of rotatable bonds is 17. The average molecular weight is 478 g/mol. The number of hydrogen-bond donors (Lipinski definition) is 3. The molecule has 0 rings (SSSR count). The molecule has 0 aromatic heterocycles. The van der Waals surface area contributed by atoms with Crippen LogP contribution in [0, 0.1) is 0 Å². The van der Waals surface area contributed by atoms with Crippen molar-refractivity contribution < 1.29 is 32.7 Å². The fourth-order valence-electron chi connectivity index (χ4n) is 2.53. The van der Waals surface area contributed by atoms with Gasteiger partial charge in [0.2, 0.25) is 5.91 Å². The molecule has 10 nitrogen and oxygen atoms in total. The number of amides is 3. The molecule has 0 fully saturated rings. The van der Waals surface area contributed by atoms with Crippen LogP contribution < -0.4 is 16.0 Å². The Balaban J connectivity index is 3.48. The van der Waals surface area contributed by atoms with Gasteiger partial charge in [-0.05, 0) is 45.1 Å². The maximum Gasteiger partial charge on any atom is 0.409 e. The van der Waals surface area contributed by atoms with Gasteiger partial charge in [-0.25, -0.2) is 9.59 Å². The summed E-state index contributed by atoms with van der Waals surface area (Å²) in [5.74, 6) is -0.306. The second-order valence-corrected chi connectivity index (χ2v) is 14.6. The minimum Gasteiger partial charge on any atom is -0.457 e. The summed E-state index contributed by atoms with van der Waals surface area (Å²) in [6.07, 6.45) is 4.10. The van der Waals surface area contributed by atoms with Crippen molar-refractivity contribution in [1.82, 2.24) is 16.0 Å². The molecule has 180 valence electrons. The Hall–Kier alpha value is -1.90. The molecule has 0 saturated heterocycles. The molecular formula is C19H39N3O7Si2. The van der Waals surface area contributed by atoms with Crippen molar-refractivity contribution in [2.45, 2.75) is 51.9 Å². The Bertz CT molecular complexity index is 549. The Kier molecular flexibility index (Phi) is 16.7. The lowest BCUT2D eigenvalue weighted by Gasteiger charge is -2.25. The highest BCUT2D eigenvalue weighted by atomic mass is 28.4. The SMILES string of the molecule is C=CC(=O)NCCOC(=O)NCCCCCCNC(=O)OCOC[Si](C)(C)O[SiH](C)C. The molecular weight excluding hydrogens is 438 g/mol. The number of ether oxygens (including phenoxy) is 3. The van der Waals surface area contributed by atoms with Gasteiger partial charge in [0.05, 0.1) is 12.8 Å². The van der Waals surface area contributed by atoms with E-state index in [-0.39, 0.29) is 25.9 Å². The van der Waals surface area contributed by atoms with Crippen molar-refractivity contribution in [3.63, 3.8) is 0 Å². The summed E-state index contributed by atoms with van der Waals surface area (Å²) in [6, 6.07) is 0. The van der Waals surface area contributed by atoms with Crippen LogP contribution in [-0.2, 0) is 23.1 Å². The molecule has 0 aliphatic carbocycles. The molecule has 3 N–H and O–H groups in total. The van der Waals surface area contributed by atoms with Crippen molar-refractivity contribution in [3.8, 4) is 0 Å². The molecule has 0 aromatic carbocycles. The lowest BCUT2D eigenvalue weighted by Crippen LogP contribution is -2.41. The summed E-state index contributed by atoms with van der Waals surface area (Å²) in [4.78, 5) is 33.9. The van der Waals surface area contributed by atoms with E-state index in [2.05, 4.69) is 48.7 Å². The van der Waals surface area contributed by atoms with E-state index in [1.807, 2.05) is 0 Å². The molecule has 31 heavy (non-hydrogen) atoms. The Labute approximate surface area is 188 Å². The van der Waals surface area contributed by atoms with Gasteiger partial charge < -0.3 is 34.3 Å². The van der Waals surface area contributed by atoms with Gasteiger partial charge in [-0.1, -0.05) is 19.4 Å². The molecule has 3 amide bonds. The molecule has 0 aliphatic rings. The van der Waals surface area contributed by atoms with Crippen LogP contribution in [0.25, 0.3) is 0 Å². The van der Waals surface area contributed by atoms with Crippen LogP contribution >= 0.6 is 0 Å². The number of carbonyl (C=O) groups excluding carboxylic acids is 3. The first kappa shape index (κ1) is 29.1. The van der Waals surface area contributed by atoms with Crippen LogP contribution in [0.2, 0.25) is 26.2 Å². The Morgan fingerprint density at radius 1 is 0.903 bits per heavy atom. The summed E-state index contributed by atoms with van der Waals surface area (Å²) < 4.78 is 21.3. The highest BCUT2D eigenvalue weighted by Crippen LogP contribution is 2.07. The highest BCUT2D eigenvalue weighted by molar-refractivity contribution is 6.77. The van der Waals surface area contributed by atoms with E-state index in [4.69, 9.17) is 18.3 Å². The molecule has 0 unspecified atom stereocenters. The highest BCUT2D eigenvalue weighted by Gasteiger charge is 2.24. The van der Waals surface area contributed by atoms with E-state index in [1.165, 1.54) is 0 Å². The van der Waals surface area contributed by atoms with Crippen molar-refractivity contribution >= 4 is 35.5 Å². The molecule has 0 saturated carbocycles. The zero-order chi connectivity index (χ0) is 23.5. The van der Waals surface area contributed by atoms with E-state index in [9.17, 15) is 14.4 Å². The molecule has 0 radical (unpaired) electrons. The largest absolute Gasteiger partial charge is 0.457 e. The molecule has 12 heteroatoms. The maximum absolute atomic E-state index is 11.6. The van der Waals surface area contributed by atoms with Gasteiger partial charge in [0.15, 0.2) is 24.2 Å². The molecule has 0 atom stereocenters. The number of hydrogen-bond acceptors (Lipinski definition) is 7. The van der Waals surface area contributed by atoms with Crippen molar-refractivity contribution in [3.05, 3.63) is 12.7 Å². The predicted molar refractivity (Wildman–Crippen MR) is 124 cm³/mol. The number of unbranched alkanes of at least 4 members (excludes halogenated alkanes) is 3. The summed E-state index contributed by atoms with van der Waals surface area (Å²) >= 11 is 0. The lowest BCUT2D eigenvalue weighted by atomic mass is 10.2. The van der Waals surface area contributed by atoms with Crippen LogP contribution in [-0.4, -0.2) is 74.7 Å².